The lowest BCUT2D eigenvalue weighted by Crippen LogP contribution is -2.55. The summed E-state index contributed by atoms with van der Waals surface area (Å²) in [5.74, 6) is 0. The number of amides is 2. The maximum atomic E-state index is 12.1. The van der Waals surface area contributed by atoms with Crippen LogP contribution >= 0.6 is 0 Å². The second kappa shape index (κ2) is 5.89. The minimum absolute atomic E-state index is 0.466. The Labute approximate surface area is 121 Å². The van der Waals surface area contributed by atoms with Crippen molar-refractivity contribution in [1.82, 2.24) is 10.0 Å². The summed E-state index contributed by atoms with van der Waals surface area (Å²) in [6, 6.07) is 0. The molecule has 0 spiro atoms. The summed E-state index contributed by atoms with van der Waals surface area (Å²) in [6.07, 6.45) is 0.669. The fraction of sp³-hybridized carbons (Fsp3) is 0.857. The highest BCUT2D eigenvalue weighted by Gasteiger charge is 2.34. The highest BCUT2D eigenvalue weighted by atomic mass is 16.6. The molecule has 20 heavy (non-hydrogen) atoms. The Morgan fingerprint density at radius 2 is 1.05 bits per heavy atom. The second-order valence-electron chi connectivity index (χ2n) is 6.91. The van der Waals surface area contributed by atoms with E-state index < -0.39 is 23.4 Å². The number of hydrazine groups is 1. The molecule has 1 aliphatic heterocycles. The fourth-order valence-electron chi connectivity index (χ4n) is 1.77. The summed E-state index contributed by atoms with van der Waals surface area (Å²) in [6.45, 7) is 11.7. The minimum atomic E-state index is -0.589. The summed E-state index contributed by atoms with van der Waals surface area (Å²) in [5, 5.41) is 2.67. The third-order valence-corrected chi connectivity index (χ3v) is 2.49. The van der Waals surface area contributed by atoms with Crippen molar-refractivity contribution in [3.63, 3.8) is 0 Å². The standard InChI is InChI=1S/C14H26N2O4/c1-13(2,3)19-11(17)15-9-7-8-10-16(15)12(18)20-14(4,5)6/h7-10H2,1-6H3. The predicted octanol–water partition coefficient (Wildman–Crippen LogP) is 3.17. The number of rotatable bonds is 0. The van der Waals surface area contributed by atoms with E-state index in [1.165, 1.54) is 10.0 Å². The topological polar surface area (TPSA) is 59.1 Å². The Bertz CT molecular complexity index is 332. The zero-order valence-corrected chi connectivity index (χ0v) is 13.4. The highest BCUT2D eigenvalue weighted by Crippen LogP contribution is 2.19. The number of carbonyl (C=O) groups excluding carboxylic acids is 2. The van der Waals surface area contributed by atoms with Crippen LogP contribution in [0.4, 0.5) is 9.59 Å². The Kier molecular flexibility index (Phi) is 4.89. The molecule has 1 aliphatic rings. The van der Waals surface area contributed by atoms with Gasteiger partial charge in [-0.15, -0.1) is 0 Å². The SMILES string of the molecule is CC(C)(C)OC(=O)N1CCCCN1C(=O)OC(C)(C)C. The van der Waals surface area contributed by atoms with Gasteiger partial charge in [-0.3, -0.25) is 0 Å². The van der Waals surface area contributed by atoms with Gasteiger partial charge in [-0.1, -0.05) is 0 Å². The Morgan fingerprint density at radius 3 is 1.30 bits per heavy atom. The number of hydrogen-bond acceptors (Lipinski definition) is 4. The molecule has 0 radical (unpaired) electrons. The maximum absolute atomic E-state index is 12.1. The molecule has 0 atom stereocenters. The van der Waals surface area contributed by atoms with E-state index in [0.717, 1.165) is 12.8 Å². The highest BCUT2D eigenvalue weighted by molar-refractivity contribution is 5.74. The van der Waals surface area contributed by atoms with Crippen LogP contribution in [-0.2, 0) is 9.47 Å². The summed E-state index contributed by atoms with van der Waals surface area (Å²) in [7, 11) is 0. The molecule has 6 nitrogen and oxygen atoms in total. The van der Waals surface area contributed by atoms with E-state index >= 15 is 0 Å². The van der Waals surface area contributed by atoms with Crippen LogP contribution in [0.5, 0.6) is 0 Å². The van der Waals surface area contributed by atoms with Gasteiger partial charge in [0.05, 0.1) is 0 Å². The molecule has 0 aromatic heterocycles. The van der Waals surface area contributed by atoms with Gasteiger partial charge in [-0.05, 0) is 54.4 Å². The fourth-order valence-corrected chi connectivity index (χ4v) is 1.77. The first-order valence-electron chi connectivity index (χ1n) is 7.00. The van der Waals surface area contributed by atoms with Crippen molar-refractivity contribution in [2.45, 2.75) is 65.6 Å². The quantitative estimate of drug-likeness (QED) is 0.686. The maximum Gasteiger partial charge on any atom is 0.429 e. The molecule has 1 rings (SSSR count). The average molecular weight is 286 g/mol. The molecule has 0 aliphatic carbocycles. The Morgan fingerprint density at radius 1 is 0.750 bits per heavy atom. The zero-order chi connectivity index (χ0) is 15.6. The normalized spacial score (nSPS) is 16.9. The molecule has 1 fully saturated rings. The first-order valence-corrected chi connectivity index (χ1v) is 7.00. The molecular formula is C14H26N2O4. The van der Waals surface area contributed by atoms with Crippen LogP contribution in [0.2, 0.25) is 0 Å². The van der Waals surface area contributed by atoms with Crippen molar-refractivity contribution in [3.05, 3.63) is 0 Å². The van der Waals surface area contributed by atoms with Gasteiger partial charge in [-0.25, -0.2) is 19.6 Å². The number of carbonyl (C=O) groups is 2. The van der Waals surface area contributed by atoms with Gasteiger partial charge in [0.1, 0.15) is 11.2 Å². The van der Waals surface area contributed by atoms with Gasteiger partial charge < -0.3 is 9.47 Å². The largest absolute Gasteiger partial charge is 0.442 e. The first-order chi connectivity index (χ1) is 8.99. The van der Waals surface area contributed by atoms with Crippen LogP contribution in [0.25, 0.3) is 0 Å². The van der Waals surface area contributed by atoms with Gasteiger partial charge in [0.25, 0.3) is 0 Å². The summed E-state index contributed by atoms with van der Waals surface area (Å²) in [4.78, 5) is 24.3. The molecule has 0 saturated carbocycles. The molecule has 2 amide bonds. The lowest BCUT2D eigenvalue weighted by molar-refractivity contribution is -0.0735. The molecule has 1 heterocycles. The summed E-state index contributed by atoms with van der Waals surface area (Å²) >= 11 is 0. The van der Waals surface area contributed by atoms with Crippen molar-refractivity contribution in [1.29, 1.82) is 0 Å². The van der Waals surface area contributed by atoms with E-state index in [1.54, 1.807) is 41.5 Å². The van der Waals surface area contributed by atoms with Gasteiger partial charge in [0.2, 0.25) is 0 Å². The van der Waals surface area contributed by atoms with E-state index in [2.05, 4.69) is 0 Å². The number of ether oxygens (including phenoxy) is 2. The molecule has 0 unspecified atom stereocenters. The van der Waals surface area contributed by atoms with Crippen molar-refractivity contribution < 1.29 is 19.1 Å². The number of nitrogens with zero attached hydrogens (tertiary/aromatic N) is 2. The Balaban J connectivity index is 2.76. The lowest BCUT2D eigenvalue weighted by atomic mass is 10.2. The van der Waals surface area contributed by atoms with Crippen LogP contribution < -0.4 is 0 Å². The summed E-state index contributed by atoms with van der Waals surface area (Å²) in [5.41, 5.74) is -1.18. The van der Waals surface area contributed by atoms with E-state index in [-0.39, 0.29) is 0 Å². The lowest BCUT2D eigenvalue weighted by Gasteiger charge is -2.39. The number of hydrogen-bond donors (Lipinski definition) is 0. The molecular weight excluding hydrogens is 260 g/mol. The average Bonchev–Trinajstić information content (AvgIpc) is 2.24. The van der Waals surface area contributed by atoms with Crippen molar-refractivity contribution in [3.8, 4) is 0 Å². The molecule has 0 aromatic rings. The van der Waals surface area contributed by atoms with Crippen LogP contribution in [0.3, 0.4) is 0 Å². The summed E-state index contributed by atoms with van der Waals surface area (Å²) < 4.78 is 10.7. The second-order valence-corrected chi connectivity index (χ2v) is 6.91. The van der Waals surface area contributed by atoms with Crippen LogP contribution in [0.15, 0.2) is 0 Å². The monoisotopic (exact) mass is 286 g/mol. The van der Waals surface area contributed by atoms with E-state index in [0.29, 0.717) is 13.1 Å². The van der Waals surface area contributed by atoms with Crippen molar-refractivity contribution in [2.75, 3.05) is 13.1 Å². The van der Waals surface area contributed by atoms with Gasteiger partial charge >= 0.3 is 12.2 Å². The van der Waals surface area contributed by atoms with Crippen LogP contribution in [0.1, 0.15) is 54.4 Å². The van der Waals surface area contributed by atoms with Gasteiger partial charge in [-0.2, -0.15) is 0 Å². The van der Waals surface area contributed by atoms with Gasteiger partial charge in [0, 0.05) is 13.1 Å². The molecule has 0 aromatic carbocycles. The van der Waals surface area contributed by atoms with E-state index in [1.807, 2.05) is 0 Å². The zero-order valence-electron chi connectivity index (χ0n) is 13.4. The molecule has 1 saturated heterocycles. The van der Waals surface area contributed by atoms with E-state index in [4.69, 9.17) is 9.47 Å². The van der Waals surface area contributed by atoms with Crippen LogP contribution in [0, 0.1) is 0 Å². The smallest absolute Gasteiger partial charge is 0.429 e. The molecule has 0 bridgehead atoms. The van der Waals surface area contributed by atoms with Gasteiger partial charge in [0.15, 0.2) is 0 Å². The first kappa shape index (κ1) is 16.6. The van der Waals surface area contributed by atoms with Crippen molar-refractivity contribution in [2.24, 2.45) is 0 Å². The molecule has 0 N–H and O–H groups in total. The third-order valence-electron chi connectivity index (χ3n) is 2.49. The predicted molar refractivity (Wildman–Crippen MR) is 75.1 cm³/mol. The van der Waals surface area contributed by atoms with Crippen LogP contribution in [-0.4, -0.2) is 46.5 Å². The minimum Gasteiger partial charge on any atom is -0.442 e. The van der Waals surface area contributed by atoms with E-state index in [9.17, 15) is 9.59 Å². The van der Waals surface area contributed by atoms with Crippen molar-refractivity contribution >= 4 is 12.2 Å². The third kappa shape index (κ3) is 5.27. The Hall–Kier alpha value is -1.46. The molecule has 6 heteroatoms. The molecule has 116 valence electrons.